The van der Waals surface area contributed by atoms with Crippen molar-refractivity contribution in [1.82, 2.24) is 15.1 Å². The summed E-state index contributed by atoms with van der Waals surface area (Å²) in [7, 11) is 0. The molecule has 2 heterocycles. The highest BCUT2D eigenvalue weighted by molar-refractivity contribution is 5.79. The van der Waals surface area contributed by atoms with Crippen LogP contribution < -0.4 is 5.32 Å². The van der Waals surface area contributed by atoms with E-state index >= 15 is 0 Å². The molecule has 22 heavy (non-hydrogen) atoms. The van der Waals surface area contributed by atoms with Gasteiger partial charge < -0.3 is 20.2 Å². The molecule has 0 unspecified atom stereocenters. The monoisotopic (exact) mass is 311 g/mol. The molecule has 2 aliphatic heterocycles. The molecule has 3 amide bonds. The van der Waals surface area contributed by atoms with Gasteiger partial charge in [-0.25, -0.2) is 4.79 Å². The molecule has 0 aromatic carbocycles. The molecule has 0 spiro atoms. The number of urea groups is 1. The van der Waals surface area contributed by atoms with E-state index < -0.39 is 5.97 Å². The zero-order valence-corrected chi connectivity index (χ0v) is 12.9. The number of aliphatic carboxylic acids is 1. The van der Waals surface area contributed by atoms with E-state index in [2.05, 4.69) is 5.32 Å². The summed E-state index contributed by atoms with van der Waals surface area (Å²) >= 11 is 0. The molecule has 2 N–H and O–H groups in total. The van der Waals surface area contributed by atoms with Crippen LogP contribution in [0.2, 0.25) is 0 Å². The molecule has 0 bridgehead atoms. The van der Waals surface area contributed by atoms with Crippen molar-refractivity contribution in [2.45, 2.75) is 38.5 Å². The molecule has 0 aliphatic carbocycles. The number of nitrogens with one attached hydrogen (secondary N) is 1. The summed E-state index contributed by atoms with van der Waals surface area (Å²) < 4.78 is 0. The maximum atomic E-state index is 12.2. The Labute approximate surface area is 130 Å². The first-order valence-electron chi connectivity index (χ1n) is 8.11. The summed E-state index contributed by atoms with van der Waals surface area (Å²) in [4.78, 5) is 38.4. The zero-order chi connectivity index (χ0) is 15.9. The average molecular weight is 311 g/mol. The summed E-state index contributed by atoms with van der Waals surface area (Å²) in [5, 5.41) is 11.3. The fraction of sp³-hybridized carbons (Fsp3) is 0.800. The normalized spacial score (nSPS) is 19.3. The Kier molecular flexibility index (Phi) is 6.03. The fourth-order valence-electron chi connectivity index (χ4n) is 3.04. The number of likely N-dealkylation sites (tertiary alicyclic amines) is 2. The summed E-state index contributed by atoms with van der Waals surface area (Å²) in [6, 6.07) is 0.109. The van der Waals surface area contributed by atoms with Gasteiger partial charge in [-0.1, -0.05) is 0 Å². The predicted octanol–water partition coefficient (Wildman–Crippen LogP) is 0.895. The van der Waals surface area contributed by atoms with Gasteiger partial charge in [-0.15, -0.1) is 0 Å². The highest BCUT2D eigenvalue weighted by Gasteiger charge is 2.30. The Morgan fingerprint density at radius 1 is 1.00 bits per heavy atom. The van der Waals surface area contributed by atoms with E-state index in [1.807, 2.05) is 9.80 Å². The second kappa shape index (κ2) is 8.00. The lowest BCUT2D eigenvalue weighted by molar-refractivity contribution is -0.137. The Balaban J connectivity index is 1.66. The van der Waals surface area contributed by atoms with E-state index in [1.165, 1.54) is 0 Å². The number of piperidine rings is 1. The predicted molar refractivity (Wildman–Crippen MR) is 80.4 cm³/mol. The van der Waals surface area contributed by atoms with Crippen molar-refractivity contribution in [2.75, 3.05) is 32.7 Å². The van der Waals surface area contributed by atoms with Gasteiger partial charge in [0, 0.05) is 45.1 Å². The molecule has 0 aromatic heterocycles. The fourth-order valence-corrected chi connectivity index (χ4v) is 3.04. The minimum atomic E-state index is -0.844. The molecule has 7 nitrogen and oxygen atoms in total. The Hall–Kier alpha value is -1.79. The van der Waals surface area contributed by atoms with Gasteiger partial charge in [0.15, 0.2) is 0 Å². The first-order chi connectivity index (χ1) is 10.6. The maximum absolute atomic E-state index is 12.2. The molecule has 2 rings (SSSR count). The van der Waals surface area contributed by atoms with Gasteiger partial charge in [0.05, 0.1) is 0 Å². The van der Waals surface area contributed by atoms with Crippen molar-refractivity contribution in [2.24, 2.45) is 5.92 Å². The second-order valence-electron chi connectivity index (χ2n) is 6.03. The summed E-state index contributed by atoms with van der Waals surface area (Å²) in [6.45, 7) is 3.36. The minimum absolute atomic E-state index is 0.0151. The van der Waals surface area contributed by atoms with Crippen LogP contribution in [-0.2, 0) is 9.59 Å². The third-order valence-corrected chi connectivity index (χ3v) is 4.38. The van der Waals surface area contributed by atoms with Crippen LogP contribution in [0.25, 0.3) is 0 Å². The van der Waals surface area contributed by atoms with Gasteiger partial charge in [0.25, 0.3) is 0 Å². The zero-order valence-electron chi connectivity index (χ0n) is 12.9. The van der Waals surface area contributed by atoms with Crippen molar-refractivity contribution in [3.63, 3.8) is 0 Å². The number of hydrogen-bond donors (Lipinski definition) is 2. The van der Waals surface area contributed by atoms with Crippen LogP contribution in [0.1, 0.15) is 38.5 Å². The van der Waals surface area contributed by atoms with Crippen LogP contribution in [0.15, 0.2) is 0 Å². The molecule has 2 saturated heterocycles. The molecular weight excluding hydrogens is 286 g/mol. The first kappa shape index (κ1) is 16.6. The smallest absolute Gasteiger partial charge is 0.319 e. The van der Waals surface area contributed by atoms with Crippen molar-refractivity contribution >= 4 is 17.9 Å². The number of carbonyl (C=O) groups is 3. The van der Waals surface area contributed by atoms with Crippen molar-refractivity contribution in [3.05, 3.63) is 0 Å². The quantitative estimate of drug-likeness (QED) is 0.738. The van der Waals surface area contributed by atoms with E-state index in [0.717, 1.165) is 25.9 Å². The lowest BCUT2D eigenvalue weighted by Gasteiger charge is -2.34. The van der Waals surface area contributed by atoms with E-state index in [0.29, 0.717) is 38.9 Å². The maximum Gasteiger partial charge on any atom is 0.319 e. The topological polar surface area (TPSA) is 90.0 Å². The van der Waals surface area contributed by atoms with E-state index in [9.17, 15) is 14.4 Å². The number of carboxylic acids is 1. The molecular formula is C15H25N3O4. The van der Waals surface area contributed by atoms with E-state index in [-0.39, 0.29) is 24.3 Å². The Morgan fingerprint density at radius 3 is 2.18 bits per heavy atom. The molecule has 2 fully saturated rings. The van der Waals surface area contributed by atoms with Gasteiger partial charge in [0.2, 0.25) is 5.91 Å². The lowest BCUT2D eigenvalue weighted by atomic mass is 9.96. The second-order valence-corrected chi connectivity index (χ2v) is 6.03. The van der Waals surface area contributed by atoms with Gasteiger partial charge in [0.1, 0.15) is 0 Å². The Morgan fingerprint density at radius 2 is 1.59 bits per heavy atom. The van der Waals surface area contributed by atoms with Crippen LogP contribution in [0, 0.1) is 5.92 Å². The van der Waals surface area contributed by atoms with Crippen LogP contribution >= 0.6 is 0 Å². The van der Waals surface area contributed by atoms with Crippen LogP contribution in [0.4, 0.5) is 4.79 Å². The highest BCUT2D eigenvalue weighted by Crippen LogP contribution is 2.20. The van der Waals surface area contributed by atoms with Gasteiger partial charge in [-0.05, 0) is 32.1 Å². The van der Waals surface area contributed by atoms with Crippen LogP contribution in [-0.4, -0.2) is 65.5 Å². The minimum Gasteiger partial charge on any atom is -0.481 e. The molecule has 0 atom stereocenters. The van der Waals surface area contributed by atoms with E-state index in [1.54, 1.807) is 0 Å². The number of hydrogen-bond acceptors (Lipinski definition) is 3. The molecule has 124 valence electrons. The average Bonchev–Trinajstić information content (AvgIpc) is 3.05. The Bertz CT molecular complexity index is 413. The van der Waals surface area contributed by atoms with Crippen molar-refractivity contribution in [1.29, 1.82) is 0 Å². The van der Waals surface area contributed by atoms with Gasteiger partial charge >= 0.3 is 12.0 Å². The standard InChI is InChI=1S/C15H25N3O4/c19-13(20)4-3-7-16-14(21)12-5-10-18(11-6-12)15(22)17-8-1-2-9-17/h12H,1-11H2,(H,16,21)(H,19,20). The summed E-state index contributed by atoms with van der Waals surface area (Å²) in [5.41, 5.74) is 0. The third kappa shape index (κ3) is 4.61. The van der Waals surface area contributed by atoms with Crippen molar-refractivity contribution in [3.8, 4) is 0 Å². The van der Waals surface area contributed by atoms with E-state index in [4.69, 9.17) is 5.11 Å². The largest absolute Gasteiger partial charge is 0.481 e. The number of rotatable bonds is 5. The first-order valence-corrected chi connectivity index (χ1v) is 8.11. The molecule has 0 aromatic rings. The molecule has 0 saturated carbocycles. The number of amides is 3. The highest BCUT2D eigenvalue weighted by atomic mass is 16.4. The van der Waals surface area contributed by atoms with Gasteiger partial charge in [-0.2, -0.15) is 0 Å². The van der Waals surface area contributed by atoms with Crippen LogP contribution in [0.5, 0.6) is 0 Å². The van der Waals surface area contributed by atoms with Crippen molar-refractivity contribution < 1.29 is 19.5 Å². The van der Waals surface area contributed by atoms with Crippen LogP contribution in [0.3, 0.4) is 0 Å². The number of carboxylic acid groups (broad SMARTS) is 1. The molecule has 0 radical (unpaired) electrons. The third-order valence-electron chi connectivity index (χ3n) is 4.38. The lowest BCUT2D eigenvalue weighted by Crippen LogP contribution is -2.47. The summed E-state index contributed by atoms with van der Waals surface area (Å²) in [5.74, 6) is -0.922. The number of nitrogens with zero attached hydrogens (tertiary/aromatic N) is 2. The summed E-state index contributed by atoms with van der Waals surface area (Å²) in [6.07, 6.45) is 4.06. The molecule has 7 heteroatoms. The molecule has 2 aliphatic rings. The number of carbonyl (C=O) groups excluding carboxylic acids is 2. The SMILES string of the molecule is O=C(O)CCCNC(=O)C1CCN(C(=O)N2CCCC2)CC1. The van der Waals surface area contributed by atoms with Gasteiger partial charge in [-0.3, -0.25) is 9.59 Å².